The van der Waals surface area contributed by atoms with E-state index >= 15 is 0 Å². The van der Waals surface area contributed by atoms with Crippen LogP contribution in [0.15, 0.2) is 59.9 Å². The second-order valence-corrected chi connectivity index (χ2v) is 14.4. The van der Waals surface area contributed by atoms with Gasteiger partial charge in [-0.3, -0.25) is 9.59 Å². The Kier molecular flexibility index (Phi) is 11.3. The van der Waals surface area contributed by atoms with E-state index in [1.165, 1.54) is 25.6 Å². The number of nitrogens with two attached hydrogens (primary N) is 1. The van der Waals surface area contributed by atoms with Crippen molar-refractivity contribution in [2.45, 2.75) is 88.9 Å². The fourth-order valence-electron chi connectivity index (χ4n) is 7.22. The molecule has 1 aromatic heterocycles. The first-order chi connectivity index (χ1) is 23.7. The highest BCUT2D eigenvalue weighted by Crippen LogP contribution is 2.38. The Morgan fingerprint density at radius 1 is 1.04 bits per heavy atom. The molecule has 2 fully saturated rings. The molecular weight excluding hydrogens is 642 g/mol. The maximum atomic E-state index is 14.2. The van der Waals surface area contributed by atoms with Gasteiger partial charge in [-0.2, -0.15) is 0 Å². The molecule has 3 atom stereocenters. The van der Waals surface area contributed by atoms with Gasteiger partial charge in [0.15, 0.2) is 11.9 Å². The summed E-state index contributed by atoms with van der Waals surface area (Å²) < 4.78 is 8.04. The molecule has 262 valence electrons. The van der Waals surface area contributed by atoms with E-state index in [1.807, 2.05) is 47.4 Å². The van der Waals surface area contributed by atoms with Crippen LogP contribution in [0.3, 0.4) is 0 Å². The number of ketones is 1. The van der Waals surface area contributed by atoms with Crippen LogP contribution in [0.2, 0.25) is 5.02 Å². The molecule has 49 heavy (non-hydrogen) atoms. The number of amidine groups is 1. The third kappa shape index (κ3) is 8.48. The fraction of sp³-hybridized carbons (Fsp3) is 0.556. The summed E-state index contributed by atoms with van der Waals surface area (Å²) >= 11 is 6.36. The quantitative estimate of drug-likeness (QED) is 0.278. The third-order valence-corrected chi connectivity index (χ3v) is 10.2. The number of aryl methyl sites for hydroxylation is 1. The number of aromatic nitrogens is 4. The van der Waals surface area contributed by atoms with Crippen LogP contribution in [0.4, 0.5) is 0 Å². The van der Waals surface area contributed by atoms with Crippen LogP contribution in [-0.4, -0.2) is 110 Å². The molecule has 1 amide bonds. The number of carbonyl (C=O) groups is 2. The number of unbranched alkanes of at least 4 members (excludes halogenated alkanes) is 1. The zero-order valence-electron chi connectivity index (χ0n) is 28.6. The zero-order valence-corrected chi connectivity index (χ0v) is 29.3. The van der Waals surface area contributed by atoms with E-state index in [9.17, 15) is 9.59 Å². The van der Waals surface area contributed by atoms with Crippen molar-refractivity contribution in [3.8, 4) is 5.69 Å². The number of tetrazole rings is 1. The number of nitrogens with zero attached hydrogens (tertiary/aromatic N) is 8. The van der Waals surface area contributed by atoms with Crippen LogP contribution in [0.1, 0.15) is 76.0 Å². The lowest BCUT2D eigenvalue weighted by Gasteiger charge is -2.42. The van der Waals surface area contributed by atoms with E-state index in [2.05, 4.69) is 34.3 Å². The van der Waals surface area contributed by atoms with Crippen molar-refractivity contribution in [2.24, 2.45) is 10.7 Å². The maximum Gasteiger partial charge on any atom is 0.288 e. The van der Waals surface area contributed by atoms with Crippen LogP contribution in [0, 0.1) is 0 Å². The summed E-state index contributed by atoms with van der Waals surface area (Å²) in [5, 5.41) is 12.1. The number of Topliss-reactive ketones (excluding diaryl/α,β-unsaturated/α-hetero) is 1. The molecule has 12 nitrogen and oxygen atoms in total. The van der Waals surface area contributed by atoms with Crippen molar-refractivity contribution in [3.63, 3.8) is 0 Å². The predicted octanol–water partition coefficient (Wildman–Crippen LogP) is 4.22. The van der Waals surface area contributed by atoms with E-state index in [0.717, 1.165) is 49.3 Å². The van der Waals surface area contributed by atoms with E-state index in [4.69, 9.17) is 27.1 Å². The van der Waals surface area contributed by atoms with Gasteiger partial charge in [0.05, 0.1) is 11.7 Å². The minimum absolute atomic E-state index is 0.0598. The highest BCUT2D eigenvalue weighted by atomic mass is 35.5. The van der Waals surface area contributed by atoms with Crippen molar-refractivity contribution in [3.05, 3.63) is 71.0 Å². The number of hydrogen-bond donors (Lipinski definition) is 1. The number of aliphatic imine (C=N–C) groups is 1. The summed E-state index contributed by atoms with van der Waals surface area (Å²) in [4.78, 5) is 39.3. The second-order valence-electron chi connectivity index (χ2n) is 13.9. The average Bonchev–Trinajstić information content (AvgIpc) is 3.77. The van der Waals surface area contributed by atoms with Crippen LogP contribution >= 0.6 is 11.6 Å². The molecule has 2 saturated heterocycles. The summed E-state index contributed by atoms with van der Waals surface area (Å²) in [6.45, 7) is 8.58. The first kappa shape index (κ1) is 35.0. The summed E-state index contributed by atoms with van der Waals surface area (Å²) in [6, 6.07) is 14.6. The monoisotopic (exact) mass is 689 g/mol. The standard InChI is InChI=1S/C36H48ClN9O3/c1-36(2)33(26-11-5-3-6-12-26)49-35(40-36)44-21-22-45(34(48)29(38)13-7-10-20-43-18-8-4-9-19-43)31(24-44)32(47)17-14-27-23-28(37)15-16-30(27)46-25-39-41-42-46/h3,5-6,11-12,15-16,23,25,29,31,33H,4,7-10,13-14,17-22,24,38H2,1-2H3/t29-,31+,33?/m1/s1. The van der Waals surface area contributed by atoms with E-state index in [1.54, 1.807) is 15.6 Å². The second kappa shape index (κ2) is 15.8. The molecular formula is C36H48ClN9O3. The number of amides is 1. The molecule has 2 aromatic carbocycles. The van der Waals surface area contributed by atoms with Gasteiger partial charge in [0.25, 0.3) is 6.02 Å². The number of benzene rings is 2. The molecule has 3 aliphatic rings. The molecule has 3 aliphatic heterocycles. The van der Waals surface area contributed by atoms with Crippen molar-refractivity contribution in [2.75, 3.05) is 39.3 Å². The fourth-order valence-corrected chi connectivity index (χ4v) is 7.41. The van der Waals surface area contributed by atoms with Crippen LogP contribution in [0.5, 0.6) is 0 Å². The number of likely N-dealkylation sites (tertiary alicyclic amines) is 1. The van der Waals surface area contributed by atoms with Gasteiger partial charge in [-0.15, -0.1) is 5.10 Å². The van der Waals surface area contributed by atoms with Crippen molar-refractivity contribution >= 4 is 29.3 Å². The summed E-state index contributed by atoms with van der Waals surface area (Å²) in [7, 11) is 0. The Hall–Kier alpha value is -3.87. The lowest BCUT2D eigenvalue weighted by molar-refractivity contribution is -0.143. The van der Waals surface area contributed by atoms with Crippen molar-refractivity contribution in [1.82, 2.24) is 34.9 Å². The van der Waals surface area contributed by atoms with E-state index in [0.29, 0.717) is 37.0 Å². The molecule has 0 saturated carbocycles. The van der Waals surface area contributed by atoms with Crippen molar-refractivity contribution in [1.29, 1.82) is 0 Å². The van der Waals surface area contributed by atoms with Gasteiger partial charge in [0, 0.05) is 31.1 Å². The Morgan fingerprint density at radius 3 is 2.59 bits per heavy atom. The summed E-state index contributed by atoms with van der Waals surface area (Å²) in [5.74, 6) is -0.236. The first-order valence-corrected chi connectivity index (χ1v) is 18.0. The lowest BCUT2D eigenvalue weighted by atomic mass is 9.93. The number of hydrogen-bond acceptors (Lipinski definition) is 10. The van der Waals surface area contributed by atoms with Gasteiger partial charge in [-0.1, -0.05) is 54.8 Å². The first-order valence-electron chi connectivity index (χ1n) is 17.6. The molecule has 0 radical (unpaired) electrons. The van der Waals surface area contributed by atoms with Crippen LogP contribution in [-0.2, 0) is 20.7 Å². The zero-order chi connectivity index (χ0) is 34.4. The van der Waals surface area contributed by atoms with Gasteiger partial charge in [-0.05, 0) is 105 Å². The number of rotatable bonds is 12. The van der Waals surface area contributed by atoms with Gasteiger partial charge in [0.1, 0.15) is 17.9 Å². The van der Waals surface area contributed by atoms with Gasteiger partial charge in [-0.25, -0.2) is 9.67 Å². The lowest BCUT2D eigenvalue weighted by Crippen LogP contribution is -2.62. The van der Waals surface area contributed by atoms with Gasteiger partial charge < -0.3 is 25.2 Å². The topological polar surface area (TPSA) is 135 Å². The van der Waals surface area contributed by atoms with Gasteiger partial charge >= 0.3 is 0 Å². The summed E-state index contributed by atoms with van der Waals surface area (Å²) in [5.41, 5.74) is 8.66. The molecule has 13 heteroatoms. The number of carbonyl (C=O) groups excluding carboxylic acids is 2. The van der Waals surface area contributed by atoms with Crippen LogP contribution < -0.4 is 5.73 Å². The largest absolute Gasteiger partial charge is 0.454 e. The normalized spacial score (nSPS) is 21.7. The molecule has 3 aromatic rings. The minimum atomic E-state index is -0.707. The molecule has 1 unspecified atom stereocenters. The molecule has 0 aliphatic carbocycles. The molecule has 6 rings (SSSR count). The van der Waals surface area contributed by atoms with E-state index < -0.39 is 17.6 Å². The predicted molar refractivity (Wildman–Crippen MR) is 188 cm³/mol. The Bertz CT molecular complexity index is 1590. The molecule has 4 heterocycles. The minimum Gasteiger partial charge on any atom is -0.454 e. The number of halogens is 1. The van der Waals surface area contributed by atoms with E-state index in [-0.39, 0.29) is 30.8 Å². The number of piperazine rings is 1. The highest BCUT2D eigenvalue weighted by Gasteiger charge is 2.44. The summed E-state index contributed by atoms with van der Waals surface area (Å²) in [6.07, 6.45) is 8.15. The molecule has 0 bridgehead atoms. The van der Waals surface area contributed by atoms with Gasteiger partial charge in [0.2, 0.25) is 5.91 Å². The molecule has 0 spiro atoms. The third-order valence-electron chi connectivity index (χ3n) is 9.94. The Balaban J connectivity index is 1.16. The van der Waals surface area contributed by atoms with Crippen molar-refractivity contribution < 1.29 is 14.3 Å². The number of ether oxygens (including phenoxy) is 1. The maximum absolute atomic E-state index is 14.2. The number of piperidine rings is 1. The SMILES string of the molecule is CC1(C)N=C(N2CCN(C(=O)[C@H](N)CCCCN3CCCCC3)[C@H](C(=O)CCc3cc(Cl)ccc3-n3cnnn3)C2)OC1c1ccccc1. The average molecular weight is 690 g/mol. The highest BCUT2D eigenvalue weighted by molar-refractivity contribution is 6.30. The Labute approximate surface area is 293 Å². The smallest absolute Gasteiger partial charge is 0.288 e. The van der Waals surface area contributed by atoms with Crippen LogP contribution in [0.25, 0.3) is 5.69 Å². The molecule has 2 N–H and O–H groups in total. The Morgan fingerprint density at radius 2 is 1.84 bits per heavy atom.